The van der Waals surface area contributed by atoms with Crippen molar-refractivity contribution in [2.45, 2.75) is 6.42 Å². The van der Waals surface area contributed by atoms with Gasteiger partial charge in [0.1, 0.15) is 11.4 Å². The normalized spacial score (nSPS) is 13.1. The lowest BCUT2D eigenvalue weighted by Gasteiger charge is -2.30. The molecule has 33 heavy (non-hydrogen) atoms. The molecule has 3 aromatic heterocycles. The maximum Gasteiger partial charge on any atom is 0.274 e. The average molecular weight is 449 g/mol. The van der Waals surface area contributed by atoms with E-state index in [1.165, 1.54) is 10.9 Å². The van der Waals surface area contributed by atoms with Crippen LogP contribution in [0.1, 0.15) is 27.3 Å². The Morgan fingerprint density at radius 1 is 1.21 bits per heavy atom. The number of ether oxygens (including phenoxy) is 1. The van der Waals surface area contributed by atoms with E-state index in [9.17, 15) is 14.0 Å². The van der Waals surface area contributed by atoms with Gasteiger partial charge in [-0.25, -0.2) is 13.9 Å². The number of nitrogens with one attached hydrogen (secondary N) is 1. The van der Waals surface area contributed by atoms with E-state index in [4.69, 9.17) is 4.74 Å². The summed E-state index contributed by atoms with van der Waals surface area (Å²) in [6.07, 6.45) is 4.02. The Morgan fingerprint density at radius 3 is 2.79 bits per heavy atom. The summed E-state index contributed by atoms with van der Waals surface area (Å²) >= 11 is 0. The van der Waals surface area contributed by atoms with E-state index in [0.29, 0.717) is 41.6 Å². The molecule has 0 unspecified atom stereocenters. The molecule has 0 radical (unpaired) electrons. The van der Waals surface area contributed by atoms with Crippen LogP contribution in [0.2, 0.25) is 0 Å². The number of aryl methyl sites for hydroxylation is 1. The van der Waals surface area contributed by atoms with Crippen LogP contribution in [0.25, 0.3) is 17.0 Å². The molecule has 0 spiro atoms. The van der Waals surface area contributed by atoms with Crippen LogP contribution in [-0.2, 0) is 7.05 Å². The van der Waals surface area contributed by atoms with Crippen LogP contribution in [-0.4, -0.2) is 61.0 Å². The number of hydrogen-bond acceptors (Lipinski definition) is 6. The molecule has 1 saturated heterocycles. The zero-order valence-corrected chi connectivity index (χ0v) is 17.7. The molecule has 5 rings (SSSR count). The number of aromatic nitrogens is 5. The van der Waals surface area contributed by atoms with E-state index in [0.717, 1.165) is 6.42 Å². The van der Waals surface area contributed by atoms with Crippen molar-refractivity contribution in [1.29, 1.82) is 0 Å². The average Bonchev–Trinajstić information content (AvgIpc) is 3.36. The van der Waals surface area contributed by atoms with Gasteiger partial charge in [0.25, 0.3) is 11.8 Å². The number of carbonyl (C=O) groups is 2. The van der Waals surface area contributed by atoms with Crippen LogP contribution in [0.3, 0.4) is 0 Å². The van der Waals surface area contributed by atoms with Crippen LogP contribution < -0.4 is 10.1 Å². The van der Waals surface area contributed by atoms with Gasteiger partial charge in [-0.3, -0.25) is 14.3 Å². The molecule has 0 atom stereocenters. The van der Waals surface area contributed by atoms with E-state index in [-0.39, 0.29) is 17.2 Å². The summed E-state index contributed by atoms with van der Waals surface area (Å²) < 4.78 is 20.7. The highest BCUT2D eigenvalue weighted by Gasteiger charge is 2.28. The molecule has 0 aliphatic carbocycles. The summed E-state index contributed by atoms with van der Waals surface area (Å²) in [7, 11) is 1.62. The van der Waals surface area contributed by atoms with Gasteiger partial charge in [-0.2, -0.15) is 5.10 Å². The number of amides is 2. The largest absolute Gasteiger partial charge is 0.462 e. The lowest BCUT2D eigenvalue weighted by Crippen LogP contribution is -2.42. The minimum atomic E-state index is -0.961. The van der Waals surface area contributed by atoms with E-state index >= 15 is 0 Å². The Hall–Kier alpha value is -4.28. The molecule has 10 nitrogen and oxygen atoms in total. The number of likely N-dealkylation sites (tertiary alicyclic amines) is 1. The standard InChI is InChI=1S/C22H20FN7O3/c1-28-19(16(12-24-28)22(32)29-8-4-9-29)21(31)25-14-7-10-30-18(11-14)26-20(27-30)15-5-2-3-6-17(15)33-13-23/h2-3,5-7,10-12H,4,8-9,13H2,1H3,(H,25,31). The number of fused-ring (bicyclic) bond motifs is 1. The fraction of sp³-hybridized carbons (Fsp3) is 0.227. The smallest absolute Gasteiger partial charge is 0.274 e. The molecule has 4 heterocycles. The highest BCUT2D eigenvalue weighted by atomic mass is 19.1. The number of rotatable bonds is 6. The van der Waals surface area contributed by atoms with Gasteiger partial charge in [-0.05, 0) is 24.6 Å². The van der Waals surface area contributed by atoms with E-state index in [1.54, 1.807) is 59.1 Å². The summed E-state index contributed by atoms with van der Waals surface area (Å²) in [5, 5.41) is 11.3. The van der Waals surface area contributed by atoms with Crippen molar-refractivity contribution in [2.75, 3.05) is 25.3 Å². The van der Waals surface area contributed by atoms with Crippen LogP contribution >= 0.6 is 0 Å². The van der Waals surface area contributed by atoms with Gasteiger partial charge in [-0.15, -0.1) is 5.10 Å². The molecule has 11 heteroatoms. The van der Waals surface area contributed by atoms with Gasteiger partial charge < -0.3 is 15.0 Å². The number of pyridine rings is 1. The summed E-state index contributed by atoms with van der Waals surface area (Å²) in [4.78, 5) is 31.8. The third kappa shape index (κ3) is 3.77. The molecular formula is C22H20FN7O3. The first-order chi connectivity index (χ1) is 16.0. The van der Waals surface area contributed by atoms with Gasteiger partial charge in [0.2, 0.25) is 6.86 Å². The van der Waals surface area contributed by atoms with Crippen LogP contribution in [0.5, 0.6) is 5.75 Å². The number of para-hydroxylation sites is 1. The topological polar surface area (TPSA) is 107 Å². The number of halogens is 1. The summed E-state index contributed by atoms with van der Waals surface area (Å²) in [6, 6.07) is 10.2. The molecule has 1 aromatic carbocycles. The van der Waals surface area contributed by atoms with Gasteiger partial charge >= 0.3 is 0 Å². The Labute approximate surface area is 187 Å². The minimum Gasteiger partial charge on any atom is -0.462 e. The lowest BCUT2D eigenvalue weighted by molar-refractivity contribution is 0.0648. The fourth-order valence-electron chi connectivity index (χ4n) is 3.65. The Balaban J connectivity index is 1.41. The number of benzene rings is 1. The van der Waals surface area contributed by atoms with Crippen LogP contribution in [0.4, 0.5) is 10.1 Å². The Morgan fingerprint density at radius 2 is 2.03 bits per heavy atom. The zero-order valence-electron chi connectivity index (χ0n) is 17.7. The Bertz CT molecular complexity index is 1360. The maximum atomic E-state index is 13.0. The van der Waals surface area contributed by atoms with Crippen LogP contribution in [0.15, 0.2) is 48.8 Å². The highest BCUT2D eigenvalue weighted by molar-refractivity contribution is 6.11. The SMILES string of the molecule is Cn1ncc(C(=O)N2CCC2)c1C(=O)Nc1ccn2nc(-c3ccccc3OCF)nc2c1. The van der Waals surface area contributed by atoms with Crippen molar-refractivity contribution in [2.24, 2.45) is 7.05 Å². The lowest BCUT2D eigenvalue weighted by atomic mass is 10.1. The van der Waals surface area contributed by atoms with E-state index in [1.807, 2.05) is 0 Å². The predicted octanol–water partition coefficient (Wildman–Crippen LogP) is 2.53. The number of hydrogen-bond donors (Lipinski definition) is 1. The number of alkyl halides is 1. The molecule has 2 amide bonds. The molecule has 168 valence electrons. The van der Waals surface area contributed by atoms with Gasteiger partial charge in [0, 0.05) is 38.1 Å². The van der Waals surface area contributed by atoms with Gasteiger partial charge in [0.05, 0.1) is 17.3 Å². The van der Waals surface area contributed by atoms with Crippen molar-refractivity contribution in [3.63, 3.8) is 0 Å². The number of anilines is 1. The van der Waals surface area contributed by atoms with E-state index in [2.05, 4.69) is 20.5 Å². The first kappa shape index (κ1) is 20.6. The van der Waals surface area contributed by atoms with Gasteiger partial charge in [-0.1, -0.05) is 12.1 Å². The highest BCUT2D eigenvalue weighted by Crippen LogP contribution is 2.28. The molecule has 1 N–H and O–H groups in total. The first-order valence-electron chi connectivity index (χ1n) is 10.3. The predicted molar refractivity (Wildman–Crippen MR) is 117 cm³/mol. The molecule has 1 fully saturated rings. The zero-order chi connectivity index (χ0) is 22.9. The molecule has 4 aromatic rings. The second kappa shape index (κ2) is 8.34. The Kier molecular flexibility index (Phi) is 5.21. The van der Waals surface area contributed by atoms with Crippen molar-refractivity contribution < 1.29 is 18.7 Å². The first-order valence-corrected chi connectivity index (χ1v) is 10.3. The second-order valence-corrected chi connectivity index (χ2v) is 7.53. The third-order valence-corrected chi connectivity index (χ3v) is 5.46. The molecule has 1 aliphatic rings. The second-order valence-electron chi connectivity index (χ2n) is 7.53. The third-order valence-electron chi connectivity index (χ3n) is 5.46. The van der Waals surface area contributed by atoms with Crippen molar-refractivity contribution in [1.82, 2.24) is 29.3 Å². The van der Waals surface area contributed by atoms with Gasteiger partial charge in [0.15, 0.2) is 11.5 Å². The number of nitrogens with zero attached hydrogens (tertiary/aromatic N) is 6. The van der Waals surface area contributed by atoms with Crippen molar-refractivity contribution >= 4 is 23.1 Å². The monoisotopic (exact) mass is 449 g/mol. The maximum absolute atomic E-state index is 13.0. The van der Waals surface area contributed by atoms with E-state index < -0.39 is 12.8 Å². The quantitative estimate of drug-likeness (QED) is 0.485. The number of carbonyl (C=O) groups excluding carboxylic acids is 2. The molecule has 1 aliphatic heterocycles. The fourth-order valence-corrected chi connectivity index (χ4v) is 3.65. The minimum absolute atomic E-state index is 0.186. The van der Waals surface area contributed by atoms with Crippen molar-refractivity contribution in [3.05, 3.63) is 60.0 Å². The molecule has 0 saturated carbocycles. The molecular weight excluding hydrogens is 429 g/mol. The van der Waals surface area contributed by atoms with Crippen molar-refractivity contribution in [3.8, 4) is 17.1 Å². The summed E-state index contributed by atoms with van der Waals surface area (Å²) in [6.45, 7) is 0.400. The summed E-state index contributed by atoms with van der Waals surface area (Å²) in [5.74, 6) is 0.0347. The molecule has 0 bridgehead atoms. The van der Waals surface area contributed by atoms with Crippen LogP contribution in [0, 0.1) is 0 Å². The summed E-state index contributed by atoms with van der Waals surface area (Å²) in [5.41, 5.74) is 1.95.